The number of nitrogens with one attached hydrogen (secondary N) is 1. The molecule has 1 rings (SSSR count). The molecule has 0 aliphatic heterocycles. The Kier molecular flexibility index (Phi) is 5.19. The summed E-state index contributed by atoms with van der Waals surface area (Å²) in [6.45, 7) is 3.87. The molecule has 1 aromatic heterocycles. The lowest BCUT2D eigenvalue weighted by atomic mass is 10.2. The standard InChI is InChI=1S/C12H17N3O/c1-3-4-8-12(16)15-14-10(2)11-7-5-6-9-13-11/h5-7,9H,3-4,8H2,1-2H3,(H,15,16). The predicted molar refractivity (Wildman–Crippen MR) is 64.1 cm³/mol. The van der Waals surface area contributed by atoms with Crippen molar-refractivity contribution < 1.29 is 4.79 Å². The van der Waals surface area contributed by atoms with Crippen molar-refractivity contribution in [2.75, 3.05) is 0 Å². The lowest BCUT2D eigenvalue weighted by Gasteiger charge is -2.01. The van der Waals surface area contributed by atoms with E-state index in [0.717, 1.165) is 18.5 Å². The third-order valence-electron chi connectivity index (χ3n) is 2.14. The Morgan fingerprint density at radius 1 is 1.50 bits per heavy atom. The lowest BCUT2D eigenvalue weighted by Crippen LogP contribution is -2.19. The van der Waals surface area contributed by atoms with Gasteiger partial charge in [0.05, 0.1) is 11.4 Å². The van der Waals surface area contributed by atoms with Crippen molar-refractivity contribution in [2.45, 2.75) is 33.1 Å². The van der Waals surface area contributed by atoms with Crippen LogP contribution in [-0.4, -0.2) is 16.6 Å². The van der Waals surface area contributed by atoms with Gasteiger partial charge in [0.25, 0.3) is 0 Å². The number of hydrazone groups is 1. The van der Waals surface area contributed by atoms with Gasteiger partial charge in [0.15, 0.2) is 0 Å². The molecule has 0 aromatic carbocycles. The Morgan fingerprint density at radius 3 is 2.94 bits per heavy atom. The molecule has 1 heterocycles. The van der Waals surface area contributed by atoms with Gasteiger partial charge in [0, 0.05) is 12.6 Å². The van der Waals surface area contributed by atoms with Crippen LogP contribution < -0.4 is 5.43 Å². The summed E-state index contributed by atoms with van der Waals surface area (Å²) in [5.74, 6) is -0.0443. The van der Waals surface area contributed by atoms with E-state index in [1.165, 1.54) is 0 Å². The molecular formula is C12H17N3O. The third kappa shape index (κ3) is 4.21. The van der Waals surface area contributed by atoms with Crippen molar-refractivity contribution in [3.63, 3.8) is 0 Å². The molecule has 0 saturated heterocycles. The van der Waals surface area contributed by atoms with Crippen molar-refractivity contribution >= 4 is 11.6 Å². The van der Waals surface area contributed by atoms with Crippen LogP contribution in [0.1, 0.15) is 38.8 Å². The summed E-state index contributed by atoms with van der Waals surface area (Å²) in [5, 5.41) is 4.00. The van der Waals surface area contributed by atoms with Crippen LogP contribution in [0.5, 0.6) is 0 Å². The van der Waals surface area contributed by atoms with Crippen LogP contribution in [0.2, 0.25) is 0 Å². The molecule has 16 heavy (non-hydrogen) atoms. The molecule has 0 aliphatic carbocycles. The summed E-state index contributed by atoms with van der Waals surface area (Å²) in [4.78, 5) is 15.4. The normalized spacial score (nSPS) is 11.2. The maximum atomic E-state index is 11.3. The Balaban J connectivity index is 2.48. The summed E-state index contributed by atoms with van der Waals surface area (Å²) in [7, 11) is 0. The molecule has 1 N–H and O–H groups in total. The van der Waals surface area contributed by atoms with Crippen LogP contribution in [-0.2, 0) is 4.79 Å². The van der Waals surface area contributed by atoms with E-state index in [4.69, 9.17) is 0 Å². The zero-order valence-corrected chi connectivity index (χ0v) is 9.73. The van der Waals surface area contributed by atoms with E-state index in [2.05, 4.69) is 22.4 Å². The molecule has 1 amide bonds. The van der Waals surface area contributed by atoms with E-state index >= 15 is 0 Å². The van der Waals surface area contributed by atoms with Gasteiger partial charge in [-0.05, 0) is 25.5 Å². The first-order valence-corrected chi connectivity index (χ1v) is 5.48. The van der Waals surface area contributed by atoms with Crippen LogP contribution in [0.15, 0.2) is 29.5 Å². The Labute approximate surface area is 95.8 Å². The number of aromatic nitrogens is 1. The quantitative estimate of drug-likeness (QED) is 0.609. The number of carbonyl (C=O) groups excluding carboxylic acids is 1. The number of pyridine rings is 1. The zero-order valence-electron chi connectivity index (χ0n) is 9.73. The summed E-state index contributed by atoms with van der Waals surface area (Å²) in [6.07, 6.45) is 4.13. The van der Waals surface area contributed by atoms with E-state index in [1.807, 2.05) is 25.1 Å². The van der Waals surface area contributed by atoms with Gasteiger partial charge in [-0.2, -0.15) is 5.10 Å². The summed E-state index contributed by atoms with van der Waals surface area (Å²) < 4.78 is 0. The first kappa shape index (κ1) is 12.4. The van der Waals surface area contributed by atoms with Gasteiger partial charge in [-0.25, -0.2) is 5.43 Å². The Hall–Kier alpha value is -1.71. The zero-order chi connectivity index (χ0) is 11.8. The highest BCUT2D eigenvalue weighted by molar-refractivity contribution is 5.97. The van der Waals surface area contributed by atoms with E-state index in [9.17, 15) is 4.79 Å². The lowest BCUT2D eigenvalue weighted by molar-refractivity contribution is -0.121. The van der Waals surface area contributed by atoms with Gasteiger partial charge < -0.3 is 0 Å². The van der Waals surface area contributed by atoms with Crippen molar-refractivity contribution in [3.05, 3.63) is 30.1 Å². The fourth-order valence-electron chi connectivity index (χ4n) is 1.17. The molecule has 4 nitrogen and oxygen atoms in total. The highest BCUT2D eigenvalue weighted by atomic mass is 16.2. The predicted octanol–water partition coefficient (Wildman–Crippen LogP) is 2.11. The SMILES string of the molecule is CCCCC(=O)NN=C(C)c1ccccn1. The van der Waals surface area contributed by atoms with Crippen molar-refractivity contribution in [2.24, 2.45) is 5.10 Å². The molecule has 0 saturated carbocycles. The Bertz CT molecular complexity index is 360. The van der Waals surface area contributed by atoms with Crippen LogP contribution >= 0.6 is 0 Å². The molecule has 0 atom stereocenters. The molecule has 1 aromatic rings. The smallest absolute Gasteiger partial charge is 0.240 e. The topological polar surface area (TPSA) is 54.4 Å². The molecule has 0 aliphatic rings. The fourth-order valence-corrected chi connectivity index (χ4v) is 1.17. The largest absolute Gasteiger partial charge is 0.273 e. The van der Waals surface area contributed by atoms with Gasteiger partial charge in [-0.3, -0.25) is 9.78 Å². The third-order valence-corrected chi connectivity index (χ3v) is 2.14. The maximum Gasteiger partial charge on any atom is 0.240 e. The van der Waals surface area contributed by atoms with Crippen LogP contribution in [0, 0.1) is 0 Å². The van der Waals surface area contributed by atoms with Gasteiger partial charge in [0.2, 0.25) is 5.91 Å². The second kappa shape index (κ2) is 6.71. The summed E-state index contributed by atoms with van der Waals surface area (Å²) in [6, 6.07) is 5.59. The number of nitrogens with zero attached hydrogens (tertiary/aromatic N) is 2. The number of unbranched alkanes of at least 4 members (excludes halogenated alkanes) is 1. The van der Waals surface area contributed by atoms with Crippen LogP contribution in [0.4, 0.5) is 0 Å². The van der Waals surface area contributed by atoms with Crippen LogP contribution in [0.3, 0.4) is 0 Å². The second-order valence-electron chi connectivity index (χ2n) is 3.55. The number of hydrogen-bond acceptors (Lipinski definition) is 3. The summed E-state index contributed by atoms with van der Waals surface area (Å²) in [5.41, 5.74) is 4.01. The minimum atomic E-state index is -0.0443. The first-order chi connectivity index (χ1) is 7.74. The van der Waals surface area contributed by atoms with Gasteiger partial charge in [-0.15, -0.1) is 0 Å². The average Bonchev–Trinajstić information content (AvgIpc) is 2.34. The molecule has 0 unspecified atom stereocenters. The Morgan fingerprint density at radius 2 is 2.31 bits per heavy atom. The van der Waals surface area contributed by atoms with Crippen molar-refractivity contribution in [1.82, 2.24) is 10.4 Å². The highest BCUT2D eigenvalue weighted by Crippen LogP contribution is 1.96. The molecule has 0 bridgehead atoms. The molecule has 0 fully saturated rings. The number of rotatable bonds is 5. The van der Waals surface area contributed by atoms with E-state index in [1.54, 1.807) is 6.20 Å². The van der Waals surface area contributed by atoms with Gasteiger partial charge >= 0.3 is 0 Å². The molecule has 0 radical (unpaired) electrons. The van der Waals surface area contributed by atoms with E-state index in [0.29, 0.717) is 12.1 Å². The first-order valence-electron chi connectivity index (χ1n) is 5.48. The number of amides is 1. The van der Waals surface area contributed by atoms with E-state index < -0.39 is 0 Å². The maximum absolute atomic E-state index is 11.3. The van der Waals surface area contributed by atoms with E-state index in [-0.39, 0.29) is 5.91 Å². The molecular weight excluding hydrogens is 202 g/mol. The van der Waals surface area contributed by atoms with Crippen molar-refractivity contribution in [1.29, 1.82) is 0 Å². The molecule has 4 heteroatoms. The van der Waals surface area contributed by atoms with Crippen LogP contribution in [0.25, 0.3) is 0 Å². The average molecular weight is 219 g/mol. The molecule has 0 spiro atoms. The van der Waals surface area contributed by atoms with Gasteiger partial charge in [0.1, 0.15) is 0 Å². The minimum absolute atomic E-state index is 0.0443. The number of carbonyl (C=O) groups is 1. The second-order valence-corrected chi connectivity index (χ2v) is 3.55. The minimum Gasteiger partial charge on any atom is -0.273 e. The fraction of sp³-hybridized carbons (Fsp3) is 0.417. The highest BCUT2D eigenvalue weighted by Gasteiger charge is 2.00. The van der Waals surface area contributed by atoms with Crippen molar-refractivity contribution in [3.8, 4) is 0 Å². The number of hydrogen-bond donors (Lipinski definition) is 1. The summed E-state index contributed by atoms with van der Waals surface area (Å²) >= 11 is 0. The van der Waals surface area contributed by atoms with Gasteiger partial charge in [-0.1, -0.05) is 19.4 Å². The monoisotopic (exact) mass is 219 g/mol. The molecule has 86 valence electrons.